The molecular weight excluding hydrogens is 435 g/mol. The van der Waals surface area contributed by atoms with E-state index in [2.05, 4.69) is 66.8 Å². The highest BCUT2D eigenvalue weighted by Gasteiger charge is 2.20. The van der Waals surface area contributed by atoms with Crippen molar-refractivity contribution in [3.63, 3.8) is 0 Å². The second kappa shape index (κ2) is 8.69. The molecule has 0 bridgehead atoms. The molecule has 0 saturated carbocycles. The average molecular weight is 458 g/mol. The van der Waals surface area contributed by atoms with Crippen LogP contribution in [0.25, 0.3) is 0 Å². The molecular formula is C23H23IO2. The molecule has 0 aromatic heterocycles. The van der Waals surface area contributed by atoms with Gasteiger partial charge in [0.05, 0.1) is 13.2 Å². The molecule has 0 aliphatic heterocycles. The summed E-state index contributed by atoms with van der Waals surface area (Å²) in [5.41, 5.74) is 2.37. The summed E-state index contributed by atoms with van der Waals surface area (Å²) in [5, 5.41) is 0. The lowest BCUT2D eigenvalue weighted by molar-refractivity contribution is 0.0824. The summed E-state index contributed by atoms with van der Waals surface area (Å²) in [4.78, 5) is 0. The minimum Gasteiger partial charge on any atom is -0.457 e. The van der Waals surface area contributed by atoms with Crippen molar-refractivity contribution in [1.82, 2.24) is 0 Å². The molecule has 3 aromatic carbocycles. The molecule has 0 N–H and O–H groups in total. The van der Waals surface area contributed by atoms with Crippen LogP contribution in [0.2, 0.25) is 0 Å². The van der Waals surface area contributed by atoms with Gasteiger partial charge in [0.15, 0.2) is 0 Å². The maximum atomic E-state index is 6.02. The Bertz CT molecular complexity index is 826. The van der Waals surface area contributed by atoms with Crippen molar-refractivity contribution >= 4 is 22.6 Å². The van der Waals surface area contributed by atoms with Crippen LogP contribution >= 0.6 is 22.6 Å². The number of hydrogen-bond acceptors (Lipinski definition) is 2. The lowest BCUT2D eigenvalue weighted by atomic mass is 9.86. The Morgan fingerprint density at radius 1 is 0.808 bits per heavy atom. The third kappa shape index (κ3) is 5.32. The number of benzene rings is 3. The average Bonchev–Trinajstić information content (AvgIpc) is 2.63. The van der Waals surface area contributed by atoms with Crippen molar-refractivity contribution in [1.29, 1.82) is 0 Å². The van der Waals surface area contributed by atoms with Crippen molar-refractivity contribution in [2.75, 3.05) is 6.61 Å². The van der Waals surface area contributed by atoms with Gasteiger partial charge >= 0.3 is 0 Å². The molecule has 0 fully saturated rings. The molecule has 0 aliphatic rings. The summed E-state index contributed by atoms with van der Waals surface area (Å²) in [6, 6.07) is 26.5. The van der Waals surface area contributed by atoms with E-state index in [4.69, 9.17) is 9.47 Å². The van der Waals surface area contributed by atoms with Gasteiger partial charge < -0.3 is 9.47 Å². The van der Waals surface area contributed by atoms with Gasteiger partial charge in [0, 0.05) is 8.99 Å². The highest BCUT2D eigenvalue weighted by Crippen LogP contribution is 2.26. The quantitative estimate of drug-likeness (QED) is 0.373. The standard InChI is InChI=1S/C23H23IO2/c1-23(2,19-11-13-20(24)14-12-19)17-25-16-18-7-6-10-22(15-18)26-21-8-4-3-5-9-21/h3-15H,16-17H2,1-2H3. The number of ether oxygens (including phenoxy) is 2. The molecule has 0 spiro atoms. The first-order chi connectivity index (χ1) is 12.5. The first-order valence-electron chi connectivity index (χ1n) is 8.69. The summed E-state index contributed by atoms with van der Waals surface area (Å²) < 4.78 is 13.2. The molecule has 134 valence electrons. The van der Waals surface area contributed by atoms with Crippen LogP contribution in [0.5, 0.6) is 11.5 Å². The van der Waals surface area contributed by atoms with E-state index in [1.807, 2.05) is 48.5 Å². The Morgan fingerprint density at radius 2 is 1.50 bits per heavy atom. The summed E-state index contributed by atoms with van der Waals surface area (Å²) in [6.07, 6.45) is 0. The molecule has 0 unspecified atom stereocenters. The van der Waals surface area contributed by atoms with Gasteiger partial charge in [0.1, 0.15) is 11.5 Å². The topological polar surface area (TPSA) is 18.5 Å². The van der Waals surface area contributed by atoms with Crippen LogP contribution in [0.4, 0.5) is 0 Å². The molecule has 0 aliphatic carbocycles. The van der Waals surface area contributed by atoms with E-state index < -0.39 is 0 Å². The molecule has 3 rings (SSSR count). The van der Waals surface area contributed by atoms with Crippen molar-refractivity contribution in [2.45, 2.75) is 25.9 Å². The third-order valence-corrected chi connectivity index (χ3v) is 4.95. The van der Waals surface area contributed by atoms with E-state index >= 15 is 0 Å². The van der Waals surface area contributed by atoms with E-state index in [1.165, 1.54) is 9.13 Å². The molecule has 0 atom stereocenters. The van der Waals surface area contributed by atoms with Gasteiger partial charge in [0.2, 0.25) is 0 Å². The van der Waals surface area contributed by atoms with Crippen molar-refractivity contribution in [2.24, 2.45) is 0 Å². The molecule has 3 heteroatoms. The highest BCUT2D eigenvalue weighted by molar-refractivity contribution is 14.1. The molecule has 0 radical (unpaired) electrons. The molecule has 0 heterocycles. The minimum atomic E-state index is -0.0253. The highest BCUT2D eigenvalue weighted by atomic mass is 127. The Morgan fingerprint density at radius 3 is 2.23 bits per heavy atom. The second-order valence-corrected chi connectivity index (χ2v) is 8.19. The van der Waals surface area contributed by atoms with E-state index in [0.717, 1.165) is 17.1 Å². The number of halogens is 1. The van der Waals surface area contributed by atoms with Gasteiger partial charge in [-0.1, -0.05) is 56.3 Å². The number of rotatable bonds is 7. The summed E-state index contributed by atoms with van der Waals surface area (Å²) in [6.45, 7) is 5.66. The van der Waals surface area contributed by atoms with Crippen LogP contribution in [0.15, 0.2) is 78.9 Å². The number of para-hydroxylation sites is 1. The van der Waals surface area contributed by atoms with Gasteiger partial charge in [-0.2, -0.15) is 0 Å². The minimum absolute atomic E-state index is 0.0253. The Balaban J connectivity index is 1.58. The zero-order chi connectivity index (χ0) is 18.4. The monoisotopic (exact) mass is 458 g/mol. The van der Waals surface area contributed by atoms with Crippen LogP contribution < -0.4 is 4.74 Å². The smallest absolute Gasteiger partial charge is 0.127 e. The zero-order valence-corrected chi connectivity index (χ0v) is 17.3. The lowest BCUT2D eigenvalue weighted by Crippen LogP contribution is -2.24. The van der Waals surface area contributed by atoms with Gasteiger partial charge in [0.25, 0.3) is 0 Å². The summed E-state index contributed by atoms with van der Waals surface area (Å²) in [5.74, 6) is 1.67. The van der Waals surface area contributed by atoms with Gasteiger partial charge in [-0.25, -0.2) is 0 Å². The fourth-order valence-electron chi connectivity index (χ4n) is 2.73. The van der Waals surface area contributed by atoms with E-state index in [0.29, 0.717) is 13.2 Å². The van der Waals surface area contributed by atoms with Crippen molar-refractivity contribution < 1.29 is 9.47 Å². The first kappa shape index (κ1) is 18.9. The SMILES string of the molecule is CC(C)(COCc1cccc(Oc2ccccc2)c1)c1ccc(I)cc1. The maximum absolute atomic E-state index is 6.02. The molecule has 0 saturated heterocycles. The first-order valence-corrected chi connectivity index (χ1v) is 9.76. The van der Waals surface area contributed by atoms with Gasteiger partial charge in [-0.3, -0.25) is 0 Å². The third-order valence-electron chi connectivity index (χ3n) is 4.23. The van der Waals surface area contributed by atoms with Crippen molar-refractivity contribution in [3.8, 4) is 11.5 Å². The normalized spacial score (nSPS) is 11.3. The van der Waals surface area contributed by atoms with Crippen LogP contribution in [0, 0.1) is 3.57 Å². The maximum Gasteiger partial charge on any atom is 0.127 e. The Labute approximate surface area is 169 Å². The van der Waals surface area contributed by atoms with E-state index in [1.54, 1.807) is 0 Å². The van der Waals surface area contributed by atoms with Crippen LogP contribution in [0.3, 0.4) is 0 Å². The number of hydrogen-bond donors (Lipinski definition) is 0. The fraction of sp³-hybridized carbons (Fsp3) is 0.217. The predicted octanol–water partition coefficient (Wildman–Crippen LogP) is 6.58. The molecule has 2 nitrogen and oxygen atoms in total. The van der Waals surface area contributed by atoms with Crippen LogP contribution in [0.1, 0.15) is 25.0 Å². The predicted molar refractivity (Wildman–Crippen MR) is 115 cm³/mol. The van der Waals surface area contributed by atoms with Crippen molar-refractivity contribution in [3.05, 3.63) is 93.6 Å². The van der Waals surface area contributed by atoms with E-state index in [-0.39, 0.29) is 5.41 Å². The lowest BCUT2D eigenvalue weighted by Gasteiger charge is -2.25. The summed E-state index contributed by atoms with van der Waals surface area (Å²) in [7, 11) is 0. The van der Waals surface area contributed by atoms with Gasteiger partial charge in [-0.05, 0) is 70.1 Å². The zero-order valence-electron chi connectivity index (χ0n) is 15.1. The summed E-state index contributed by atoms with van der Waals surface area (Å²) >= 11 is 2.33. The van der Waals surface area contributed by atoms with E-state index in [9.17, 15) is 0 Å². The van der Waals surface area contributed by atoms with Gasteiger partial charge in [-0.15, -0.1) is 0 Å². The van der Waals surface area contributed by atoms with Crippen LogP contribution in [-0.4, -0.2) is 6.61 Å². The molecule has 26 heavy (non-hydrogen) atoms. The largest absolute Gasteiger partial charge is 0.457 e. The Hall–Kier alpha value is -1.85. The molecule has 0 amide bonds. The fourth-order valence-corrected chi connectivity index (χ4v) is 3.09. The Kier molecular flexibility index (Phi) is 6.33. The molecule has 3 aromatic rings. The van der Waals surface area contributed by atoms with Crippen LogP contribution in [-0.2, 0) is 16.8 Å². The second-order valence-electron chi connectivity index (χ2n) is 6.95.